The zero-order valence-corrected chi connectivity index (χ0v) is 13.8. The molecule has 128 valence electrons. The van der Waals surface area contributed by atoms with E-state index in [1.807, 2.05) is 6.20 Å². The molecule has 6 nitrogen and oxygen atoms in total. The second kappa shape index (κ2) is 6.20. The number of aromatic nitrogens is 1. The minimum Gasteiger partial charge on any atom is -0.508 e. The van der Waals surface area contributed by atoms with Gasteiger partial charge in [0.25, 0.3) is 5.91 Å². The fraction of sp³-hybridized carbons (Fsp3) is 0.316. The molecule has 6 heteroatoms. The van der Waals surface area contributed by atoms with Crippen molar-refractivity contribution in [3.05, 3.63) is 53.3 Å². The number of para-hydroxylation sites is 1. The predicted octanol–water partition coefficient (Wildman–Crippen LogP) is 2.63. The number of carbonyl (C=O) groups is 2. The summed E-state index contributed by atoms with van der Waals surface area (Å²) in [6, 6.07) is 6.50. The molecule has 1 aliphatic carbocycles. The first-order chi connectivity index (χ1) is 12.1. The SMILES string of the molecule is O=C1CN(Cc2ccccc2O)C(=O)N1c1cncc2c1CCCC2. The Balaban J connectivity index is 1.63. The molecule has 0 unspecified atom stereocenters. The Morgan fingerprint density at radius 1 is 1.08 bits per heavy atom. The number of phenolic OH excluding ortho intramolecular Hbond substituents is 1. The van der Waals surface area contributed by atoms with Crippen LogP contribution in [0.3, 0.4) is 0 Å². The summed E-state index contributed by atoms with van der Waals surface area (Å²) in [6.07, 6.45) is 7.42. The monoisotopic (exact) mass is 337 g/mol. The number of nitrogens with zero attached hydrogens (tertiary/aromatic N) is 3. The molecule has 2 aromatic rings. The number of anilines is 1. The molecule has 3 amide bonds. The van der Waals surface area contributed by atoms with Gasteiger partial charge < -0.3 is 10.0 Å². The lowest BCUT2D eigenvalue weighted by molar-refractivity contribution is -0.116. The number of imide groups is 1. The van der Waals surface area contributed by atoms with E-state index in [-0.39, 0.29) is 30.8 Å². The Morgan fingerprint density at radius 2 is 1.88 bits per heavy atom. The van der Waals surface area contributed by atoms with Gasteiger partial charge in [0.15, 0.2) is 0 Å². The van der Waals surface area contributed by atoms with Crippen LogP contribution in [0.1, 0.15) is 29.5 Å². The molecule has 1 aromatic heterocycles. The zero-order valence-electron chi connectivity index (χ0n) is 13.8. The van der Waals surface area contributed by atoms with Gasteiger partial charge in [0.05, 0.1) is 18.4 Å². The number of aryl methyl sites for hydroxylation is 1. The number of rotatable bonds is 3. The third-order valence-corrected chi connectivity index (χ3v) is 4.88. The van der Waals surface area contributed by atoms with Crippen LogP contribution in [-0.2, 0) is 24.2 Å². The first kappa shape index (κ1) is 15.6. The number of hydrogen-bond acceptors (Lipinski definition) is 4. The number of phenols is 1. The summed E-state index contributed by atoms with van der Waals surface area (Å²) < 4.78 is 0. The van der Waals surface area contributed by atoms with Crippen LogP contribution < -0.4 is 4.90 Å². The van der Waals surface area contributed by atoms with Gasteiger partial charge in [-0.2, -0.15) is 0 Å². The number of benzene rings is 1. The summed E-state index contributed by atoms with van der Waals surface area (Å²) in [7, 11) is 0. The van der Waals surface area contributed by atoms with Gasteiger partial charge in [0.2, 0.25) is 0 Å². The van der Waals surface area contributed by atoms with E-state index in [0.717, 1.165) is 36.8 Å². The van der Waals surface area contributed by atoms with Crippen LogP contribution in [0.15, 0.2) is 36.7 Å². The van der Waals surface area contributed by atoms with E-state index in [1.165, 1.54) is 9.80 Å². The van der Waals surface area contributed by atoms with Crippen molar-refractivity contribution in [2.45, 2.75) is 32.2 Å². The van der Waals surface area contributed by atoms with Crippen molar-refractivity contribution < 1.29 is 14.7 Å². The van der Waals surface area contributed by atoms with Gasteiger partial charge in [0.1, 0.15) is 12.3 Å². The van der Waals surface area contributed by atoms with Crippen molar-refractivity contribution >= 4 is 17.6 Å². The number of hydrogen-bond donors (Lipinski definition) is 1. The molecule has 2 heterocycles. The molecule has 1 N–H and O–H groups in total. The van der Waals surface area contributed by atoms with Crippen molar-refractivity contribution in [3.8, 4) is 5.75 Å². The van der Waals surface area contributed by atoms with Gasteiger partial charge in [0, 0.05) is 11.8 Å². The maximum Gasteiger partial charge on any atom is 0.332 e. The molecule has 25 heavy (non-hydrogen) atoms. The highest BCUT2D eigenvalue weighted by Gasteiger charge is 2.39. The predicted molar refractivity (Wildman–Crippen MR) is 92.3 cm³/mol. The number of carbonyl (C=O) groups excluding carboxylic acids is 2. The van der Waals surface area contributed by atoms with Gasteiger partial charge in [-0.25, -0.2) is 9.69 Å². The molecular formula is C19H19N3O3. The number of pyridine rings is 1. The summed E-state index contributed by atoms with van der Waals surface area (Å²) in [6.45, 7) is 0.215. The Bertz CT molecular complexity index is 850. The van der Waals surface area contributed by atoms with Crippen LogP contribution in [0.25, 0.3) is 0 Å². The highest BCUT2D eigenvalue weighted by Crippen LogP contribution is 2.32. The molecule has 4 rings (SSSR count). The first-order valence-electron chi connectivity index (χ1n) is 8.49. The fourth-order valence-electron chi connectivity index (χ4n) is 3.59. The molecule has 1 saturated heterocycles. The Morgan fingerprint density at radius 3 is 2.72 bits per heavy atom. The van der Waals surface area contributed by atoms with Crippen LogP contribution >= 0.6 is 0 Å². The number of amides is 3. The molecule has 0 bridgehead atoms. The van der Waals surface area contributed by atoms with Gasteiger partial charge in [-0.1, -0.05) is 18.2 Å². The highest BCUT2D eigenvalue weighted by molar-refractivity contribution is 6.20. The molecule has 0 spiro atoms. The minimum atomic E-state index is -0.353. The van der Waals surface area contributed by atoms with E-state index < -0.39 is 0 Å². The molecule has 1 fully saturated rings. The van der Waals surface area contributed by atoms with E-state index >= 15 is 0 Å². The maximum atomic E-state index is 12.8. The highest BCUT2D eigenvalue weighted by atomic mass is 16.3. The molecule has 2 aliphatic rings. The van der Waals surface area contributed by atoms with E-state index in [2.05, 4.69) is 4.98 Å². The Labute approximate surface area is 145 Å². The molecule has 1 aromatic carbocycles. The Hall–Kier alpha value is -2.89. The summed E-state index contributed by atoms with van der Waals surface area (Å²) in [5.41, 5.74) is 3.43. The lowest BCUT2D eigenvalue weighted by Gasteiger charge is -2.23. The van der Waals surface area contributed by atoms with Gasteiger partial charge >= 0.3 is 6.03 Å². The zero-order chi connectivity index (χ0) is 17.4. The van der Waals surface area contributed by atoms with Crippen LogP contribution in [0.2, 0.25) is 0 Å². The van der Waals surface area contributed by atoms with Crippen LogP contribution in [0.4, 0.5) is 10.5 Å². The average Bonchev–Trinajstić information content (AvgIpc) is 2.90. The summed E-state index contributed by atoms with van der Waals surface area (Å²) in [5.74, 6) is -0.124. The van der Waals surface area contributed by atoms with Gasteiger partial charge in [-0.05, 0) is 42.9 Å². The topological polar surface area (TPSA) is 73.7 Å². The van der Waals surface area contributed by atoms with E-state index in [1.54, 1.807) is 30.5 Å². The number of aromatic hydroxyl groups is 1. The van der Waals surface area contributed by atoms with E-state index in [0.29, 0.717) is 11.3 Å². The van der Waals surface area contributed by atoms with Crippen molar-refractivity contribution in [3.63, 3.8) is 0 Å². The standard InChI is InChI=1S/C19H19N3O3/c23-17-8-4-2-6-14(17)11-21-12-18(24)22(19(21)25)16-10-20-9-13-5-1-3-7-15(13)16/h2,4,6,8-10,23H,1,3,5,7,11-12H2. The largest absolute Gasteiger partial charge is 0.508 e. The molecule has 0 radical (unpaired) electrons. The van der Waals surface area contributed by atoms with Crippen molar-refractivity contribution in [2.24, 2.45) is 0 Å². The smallest absolute Gasteiger partial charge is 0.332 e. The van der Waals surface area contributed by atoms with Crippen molar-refractivity contribution in [1.29, 1.82) is 0 Å². The maximum absolute atomic E-state index is 12.8. The van der Waals surface area contributed by atoms with Crippen LogP contribution in [-0.4, -0.2) is 33.5 Å². The minimum absolute atomic E-state index is 0.0107. The van der Waals surface area contributed by atoms with Gasteiger partial charge in [-0.3, -0.25) is 9.78 Å². The summed E-state index contributed by atoms with van der Waals surface area (Å²) in [5, 5.41) is 9.92. The summed E-state index contributed by atoms with van der Waals surface area (Å²) in [4.78, 5) is 32.3. The Kier molecular flexibility index (Phi) is 3.87. The number of fused-ring (bicyclic) bond motifs is 1. The van der Waals surface area contributed by atoms with E-state index in [4.69, 9.17) is 0 Å². The van der Waals surface area contributed by atoms with Crippen molar-refractivity contribution in [2.75, 3.05) is 11.4 Å². The average molecular weight is 337 g/mol. The quantitative estimate of drug-likeness (QED) is 0.874. The lowest BCUT2D eigenvalue weighted by Crippen LogP contribution is -2.34. The molecular weight excluding hydrogens is 318 g/mol. The second-order valence-corrected chi connectivity index (χ2v) is 6.50. The van der Waals surface area contributed by atoms with Crippen LogP contribution in [0, 0.1) is 0 Å². The molecule has 0 atom stereocenters. The van der Waals surface area contributed by atoms with Crippen molar-refractivity contribution in [1.82, 2.24) is 9.88 Å². The third-order valence-electron chi connectivity index (χ3n) is 4.88. The normalized spacial score (nSPS) is 17.1. The van der Waals surface area contributed by atoms with Crippen LogP contribution in [0.5, 0.6) is 5.75 Å². The fourth-order valence-corrected chi connectivity index (χ4v) is 3.59. The lowest BCUT2D eigenvalue weighted by atomic mass is 9.92. The molecule has 0 saturated carbocycles. The van der Waals surface area contributed by atoms with E-state index in [9.17, 15) is 14.7 Å². The summed E-state index contributed by atoms with van der Waals surface area (Å²) >= 11 is 0. The third kappa shape index (κ3) is 2.73. The number of urea groups is 1. The second-order valence-electron chi connectivity index (χ2n) is 6.50. The van der Waals surface area contributed by atoms with Gasteiger partial charge in [-0.15, -0.1) is 0 Å². The first-order valence-corrected chi connectivity index (χ1v) is 8.49. The molecule has 1 aliphatic heterocycles.